The summed E-state index contributed by atoms with van der Waals surface area (Å²) < 4.78 is 16.5. The molecule has 1 amide bonds. The quantitative estimate of drug-likeness (QED) is 0.858. The van der Waals surface area contributed by atoms with Crippen LogP contribution >= 0.6 is 0 Å². The summed E-state index contributed by atoms with van der Waals surface area (Å²) in [5, 5.41) is 2.76. The summed E-state index contributed by atoms with van der Waals surface area (Å²) in [6.07, 6.45) is 0. The highest BCUT2D eigenvalue weighted by molar-refractivity contribution is 5.94. The number of nitrogens with one attached hydrogen (secondary N) is 1. The number of amides is 1. The molecule has 1 rings (SSSR count). The lowest BCUT2D eigenvalue weighted by molar-refractivity contribution is -0.123. The Labute approximate surface area is 94.6 Å². The number of carbonyl (C=O) groups is 1. The zero-order chi connectivity index (χ0) is 12.2. The summed E-state index contributed by atoms with van der Waals surface area (Å²) in [6.45, 7) is 4.66. The van der Waals surface area contributed by atoms with Crippen molar-refractivity contribution in [2.45, 2.75) is 20.8 Å². The number of alkyl halides is 1. The normalized spacial score (nSPS) is 11.0. The van der Waals surface area contributed by atoms with Gasteiger partial charge in [0.2, 0.25) is 12.8 Å². The van der Waals surface area contributed by atoms with Gasteiger partial charge in [0.1, 0.15) is 5.75 Å². The number of rotatable bonds is 3. The summed E-state index contributed by atoms with van der Waals surface area (Å²) in [4.78, 5) is 11.6. The minimum absolute atomic E-state index is 0.0633. The third-order valence-corrected chi connectivity index (χ3v) is 2.01. The zero-order valence-corrected chi connectivity index (χ0v) is 9.71. The maximum atomic E-state index is 11.9. The van der Waals surface area contributed by atoms with E-state index in [1.54, 1.807) is 24.3 Å². The van der Waals surface area contributed by atoms with E-state index < -0.39 is 12.3 Å². The van der Waals surface area contributed by atoms with Crippen molar-refractivity contribution in [3.63, 3.8) is 0 Å². The molecule has 1 aromatic rings. The Balaban J connectivity index is 2.65. The molecule has 0 heterocycles. The summed E-state index contributed by atoms with van der Waals surface area (Å²) in [6, 6.07) is 6.57. The first-order valence-electron chi connectivity index (χ1n) is 5.04. The molecule has 0 saturated carbocycles. The van der Waals surface area contributed by atoms with Crippen LogP contribution in [0.2, 0.25) is 0 Å². The van der Waals surface area contributed by atoms with Crippen molar-refractivity contribution in [2.75, 3.05) is 12.2 Å². The van der Waals surface area contributed by atoms with E-state index in [1.165, 1.54) is 0 Å². The Kier molecular flexibility index (Phi) is 3.88. The predicted octanol–water partition coefficient (Wildman–Crippen LogP) is 2.98. The topological polar surface area (TPSA) is 38.3 Å². The molecule has 0 atom stereocenters. The van der Waals surface area contributed by atoms with Crippen LogP contribution in [0.1, 0.15) is 20.8 Å². The van der Waals surface area contributed by atoms with E-state index in [4.69, 9.17) is 0 Å². The Bertz CT molecular complexity index is 354. The molecule has 16 heavy (non-hydrogen) atoms. The molecule has 0 aliphatic heterocycles. The van der Waals surface area contributed by atoms with E-state index in [2.05, 4.69) is 10.1 Å². The van der Waals surface area contributed by atoms with E-state index in [9.17, 15) is 9.18 Å². The summed E-state index contributed by atoms with van der Waals surface area (Å²) in [5.74, 6) is 0.378. The van der Waals surface area contributed by atoms with Crippen molar-refractivity contribution in [2.24, 2.45) is 5.41 Å². The third kappa shape index (κ3) is 3.53. The lowest BCUT2D eigenvalue weighted by atomic mass is 9.95. The second kappa shape index (κ2) is 4.96. The maximum Gasteiger partial charge on any atom is 0.229 e. The number of hydrogen-bond acceptors (Lipinski definition) is 2. The molecule has 4 heteroatoms. The van der Waals surface area contributed by atoms with Gasteiger partial charge < -0.3 is 10.1 Å². The highest BCUT2D eigenvalue weighted by atomic mass is 19.1. The van der Waals surface area contributed by atoms with Gasteiger partial charge in [0, 0.05) is 11.1 Å². The minimum Gasteiger partial charge on any atom is -0.463 e. The zero-order valence-electron chi connectivity index (χ0n) is 9.71. The van der Waals surface area contributed by atoms with E-state index in [-0.39, 0.29) is 5.91 Å². The average molecular weight is 225 g/mol. The molecule has 0 spiro atoms. The summed E-state index contributed by atoms with van der Waals surface area (Å²) in [5.41, 5.74) is 0.236. The molecule has 1 aromatic carbocycles. The first-order valence-corrected chi connectivity index (χ1v) is 5.04. The fourth-order valence-electron chi connectivity index (χ4n) is 1.02. The van der Waals surface area contributed by atoms with Crippen LogP contribution in [0.25, 0.3) is 0 Å². The van der Waals surface area contributed by atoms with Crippen molar-refractivity contribution in [3.8, 4) is 5.75 Å². The van der Waals surface area contributed by atoms with Gasteiger partial charge in [-0.3, -0.25) is 4.79 Å². The Hall–Kier alpha value is -1.58. The molecule has 0 saturated heterocycles. The number of carbonyl (C=O) groups excluding carboxylic acids is 1. The summed E-state index contributed by atoms with van der Waals surface area (Å²) >= 11 is 0. The van der Waals surface area contributed by atoms with Gasteiger partial charge in [0.05, 0.1) is 0 Å². The molecule has 1 N–H and O–H groups in total. The number of halogens is 1. The Morgan fingerprint density at radius 3 is 2.31 bits per heavy atom. The minimum atomic E-state index is -0.853. The molecule has 3 nitrogen and oxygen atoms in total. The molecule has 0 fully saturated rings. The molecule has 88 valence electrons. The number of hydrogen-bond donors (Lipinski definition) is 1. The van der Waals surface area contributed by atoms with Crippen LogP contribution in [0.4, 0.5) is 10.1 Å². The lowest BCUT2D eigenvalue weighted by Gasteiger charge is -2.17. The predicted molar refractivity (Wildman–Crippen MR) is 61.1 cm³/mol. The largest absolute Gasteiger partial charge is 0.463 e. The molecule has 0 aliphatic rings. The van der Waals surface area contributed by atoms with Crippen LogP contribution in [0.15, 0.2) is 24.3 Å². The second-order valence-electron chi connectivity index (χ2n) is 4.48. The monoisotopic (exact) mass is 225 g/mol. The lowest BCUT2D eigenvalue weighted by Crippen LogP contribution is -2.27. The first-order chi connectivity index (χ1) is 7.43. The van der Waals surface area contributed by atoms with Gasteiger partial charge in [0.25, 0.3) is 0 Å². The van der Waals surface area contributed by atoms with Crippen LogP contribution in [0, 0.1) is 5.41 Å². The Morgan fingerprint density at radius 1 is 1.31 bits per heavy atom. The highest BCUT2D eigenvalue weighted by Crippen LogP contribution is 2.19. The smallest absolute Gasteiger partial charge is 0.229 e. The number of anilines is 1. The van der Waals surface area contributed by atoms with Crippen LogP contribution < -0.4 is 10.1 Å². The van der Waals surface area contributed by atoms with Gasteiger partial charge >= 0.3 is 0 Å². The van der Waals surface area contributed by atoms with Crippen molar-refractivity contribution in [1.29, 1.82) is 0 Å². The van der Waals surface area contributed by atoms with Crippen molar-refractivity contribution < 1.29 is 13.9 Å². The van der Waals surface area contributed by atoms with Crippen molar-refractivity contribution >= 4 is 11.6 Å². The molecule has 0 aromatic heterocycles. The fourth-order valence-corrected chi connectivity index (χ4v) is 1.02. The van der Waals surface area contributed by atoms with Crippen molar-refractivity contribution in [3.05, 3.63) is 24.3 Å². The standard InChI is InChI=1S/C12H16FNO2/c1-12(2,3)11(15)14-9-4-6-10(7-5-9)16-8-13/h4-7H,8H2,1-3H3,(H,14,15). The van der Waals surface area contributed by atoms with Crippen LogP contribution in [0.5, 0.6) is 5.75 Å². The van der Waals surface area contributed by atoms with E-state index in [1.807, 2.05) is 20.8 Å². The second-order valence-corrected chi connectivity index (χ2v) is 4.48. The molecule has 0 radical (unpaired) electrons. The van der Waals surface area contributed by atoms with Gasteiger partial charge in [-0.2, -0.15) is 0 Å². The van der Waals surface area contributed by atoms with Crippen LogP contribution in [0.3, 0.4) is 0 Å². The van der Waals surface area contributed by atoms with Crippen molar-refractivity contribution in [1.82, 2.24) is 0 Å². The van der Waals surface area contributed by atoms with Crippen LogP contribution in [-0.4, -0.2) is 12.8 Å². The van der Waals surface area contributed by atoms with E-state index >= 15 is 0 Å². The number of benzene rings is 1. The Morgan fingerprint density at radius 2 is 1.88 bits per heavy atom. The van der Waals surface area contributed by atoms with Gasteiger partial charge in [-0.25, -0.2) is 4.39 Å². The molecular weight excluding hydrogens is 209 g/mol. The average Bonchev–Trinajstić information content (AvgIpc) is 2.20. The highest BCUT2D eigenvalue weighted by Gasteiger charge is 2.20. The maximum absolute atomic E-state index is 11.9. The molecular formula is C12H16FNO2. The molecule has 0 bridgehead atoms. The molecule has 0 aliphatic carbocycles. The van der Waals surface area contributed by atoms with Gasteiger partial charge in [0.15, 0.2) is 0 Å². The summed E-state index contributed by atoms with van der Waals surface area (Å²) in [7, 11) is 0. The molecule has 0 unspecified atom stereocenters. The number of ether oxygens (including phenoxy) is 1. The third-order valence-electron chi connectivity index (χ3n) is 2.01. The van der Waals surface area contributed by atoms with Gasteiger partial charge in [-0.15, -0.1) is 0 Å². The van der Waals surface area contributed by atoms with E-state index in [0.29, 0.717) is 11.4 Å². The van der Waals surface area contributed by atoms with Crippen LogP contribution in [-0.2, 0) is 4.79 Å². The fraction of sp³-hybridized carbons (Fsp3) is 0.417. The van der Waals surface area contributed by atoms with E-state index in [0.717, 1.165) is 0 Å². The SMILES string of the molecule is CC(C)(C)C(=O)Nc1ccc(OCF)cc1. The van der Waals surface area contributed by atoms with Gasteiger partial charge in [-0.05, 0) is 24.3 Å². The van der Waals surface area contributed by atoms with Gasteiger partial charge in [-0.1, -0.05) is 20.8 Å². The first kappa shape index (κ1) is 12.5.